The van der Waals surface area contributed by atoms with E-state index in [0.717, 1.165) is 5.56 Å². The number of benzene rings is 2. The van der Waals surface area contributed by atoms with Gasteiger partial charge in [-0.25, -0.2) is 4.79 Å². The van der Waals surface area contributed by atoms with Crippen LogP contribution in [0.1, 0.15) is 12.0 Å². The summed E-state index contributed by atoms with van der Waals surface area (Å²) < 4.78 is 0. The van der Waals surface area contributed by atoms with Gasteiger partial charge in [0.05, 0.1) is 10.7 Å². The van der Waals surface area contributed by atoms with Crippen LogP contribution in [0.4, 0.5) is 10.5 Å². The topological polar surface area (TPSA) is 61.4 Å². The standard InChI is InChI=1S/C18H18ClN3O2/c19-14-8-4-5-9-16(14)22-11-10-15(17(22)23)21-18(24)20-12-13-6-2-1-3-7-13/h1-9,15H,10-12H2,(H2,20,21,24). The second-order valence-electron chi connectivity index (χ2n) is 5.60. The lowest BCUT2D eigenvalue weighted by Gasteiger charge is -2.18. The van der Waals surface area contributed by atoms with Gasteiger partial charge in [-0.3, -0.25) is 4.79 Å². The molecule has 2 aromatic carbocycles. The third-order valence-corrected chi connectivity index (χ3v) is 4.27. The highest BCUT2D eigenvalue weighted by Gasteiger charge is 2.34. The largest absolute Gasteiger partial charge is 0.334 e. The van der Waals surface area contributed by atoms with E-state index >= 15 is 0 Å². The molecule has 1 atom stereocenters. The van der Waals surface area contributed by atoms with Gasteiger partial charge < -0.3 is 15.5 Å². The van der Waals surface area contributed by atoms with Crippen LogP contribution in [-0.2, 0) is 11.3 Å². The van der Waals surface area contributed by atoms with Gasteiger partial charge in [0.15, 0.2) is 0 Å². The Balaban J connectivity index is 1.56. The molecule has 0 saturated carbocycles. The molecule has 1 unspecified atom stereocenters. The molecule has 1 fully saturated rings. The third-order valence-electron chi connectivity index (χ3n) is 3.95. The third kappa shape index (κ3) is 3.68. The smallest absolute Gasteiger partial charge is 0.315 e. The maximum absolute atomic E-state index is 12.5. The van der Waals surface area contributed by atoms with E-state index in [2.05, 4.69) is 10.6 Å². The molecule has 0 aromatic heterocycles. The second kappa shape index (κ2) is 7.36. The first-order valence-electron chi connectivity index (χ1n) is 7.79. The molecule has 0 radical (unpaired) electrons. The molecule has 24 heavy (non-hydrogen) atoms. The van der Waals surface area contributed by atoms with Gasteiger partial charge >= 0.3 is 6.03 Å². The zero-order valence-corrected chi connectivity index (χ0v) is 13.8. The van der Waals surface area contributed by atoms with Gasteiger partial charge in [-0.2, -0.15) is 0 Å². The number of amides is 3. The SMILES string of the molecule is O=C(NCc1ccccc1)NC1CCN(c2ccccc2Cl)C1=O. The highest BCUT2D eigenvalue weighted by atomic mass is 35.5. The molecule has 1 aliphatic rings. The summed E-state index contributed by atoms with van der Waals surface area (Å²) in [7, 11) is 0. The Kier molecular flexibility index (Phi) is 5.01. The molecular formula is C18H18ClN3O2. The van der Waals surface area contributed by atoms with Crippen LogP contribution in [0.2, 0.25) is 5.02 Å². The maximum atomic E-state index is 12.5. The van der Waals surface area contributed by atoms with Gasteiger partial charge in [0.2, 0.25) is 5.91 Å². The number of rotatable bonds is 4. The Morgan fingerprint density at radius 3 is 2.58 bits per heavy atom. The second-order valence-corrected chi connectivity index (χ2v) is 6.00. The number of hydrogen-bond acceptors (Lipinski definition) is 2. The molecule has 2 aromatic rings. The van der Waals surface area contributed by atoms with Crippen molar-refractivity contribution in [1.29, 1.82) is 0 Å². The summed E-state index contributed by atoms with van der Waals surface area (Å²) in [5.74, 6) is -0.141. The molecule has 5 nitrogen and oxygen atoms in total. The summed E-state index contributed by atoms with van der Waals surface area (Å²) >= 11 is 6.15. The fraction of sp³-hybridized carbons (Fsp3) is 0.222. The first kappa shape index (κ1) is 16.3. The fourth-order valence-electron chi connectivity index (χ4n) is 2.71. The Labute approximate surface area is 145 Å². The van der Waals surface area contributed by atoms with Crippen LogP contribution < -0.4 is 15.5 Å². The van der Waals surface area contributed by atoms with Gasteiger partial charge in [0.25, 0.3) is 0 Å². The van der Waals surface area contributed by atoms with Gasteiger partial charge in [-0.1, -0.05) is 54.1 Å². The Bertz CT molecular complexity index is 736. The Morgan fingerprint density at radius 2 is 1.83 bits per heavy atom. The summed E-state index contributed by atoms with van der Waals surface area (Å²) in [6, 6.07) is 15.9. The van der Waals surface area contributed by atoms with Crippen LogP contribution in [-0.4, -0.2) is 24.5 Å². The quantitative estimate of drug-likeness (QED) is 0.896. The Morgan fingerprint density at radius 1 is 1.12 bits per heavy atom. The normalized spacial score (nSPS) is 17.0. The van der Waals surface area contributed by atoms with Gasteiger partial charge in [-0.05, 0) is 24.1 Å². The van der Waals surface area contributed by atoms with Crippen molar-refractivity contribution in [3.05, 3.63) is 65.2 Å². The predicted molar refractivity (Wildman–Crippen MR) is 94.0 cm³/mol. The van der Waals surface area contributed by atoms with E-state index in [1.54, 1.807) is 17.0 Å². The van der Waals surface area contributed by atoms with Crippen LogP contribution in [0.5, 0.6) is 0 Å². The summed E-state index contributed by atoms with van der Waals surface area (Å²) in [5, 5.41) is 6.03. The van der Waals surface area contributed by atoms with Crippen LogP contribution in [0, 0.1) is 0 Å². The molecule has 2 N–H and O–H groups in total. The van der Waals surface area contributed by atoms with Gasteiger partial charge in [-0.15, -0.1) is 0 Å². The zero-order chi connectivity index (χ0) is 16.9. The zero-order valence-electron chi connectivity index (χ0n) is 13.0. The molecule has 3 amide bonds. The number of urea groups is 1. The number of halogens is 1. The van der Waals surface area contributed by atoms with Crippen molar-refractivity contribution in [3.8, 4) is 0 Å². The molecule has 1 aliphatic heterocycles. The van der Waals surface area contributed by atoms with Crippen LogP contribution >= 0.6 is 11.6 Å². The minimum absolute atomic E-state index is 0.141. The number of para-hydroxylation sites is 1. The van der Waals surface area contributed by atoms with Crippen LogP contribution in [0.3, 0.4) is 0 Å². The van der Waals surface area contributed by atoms with Crippen LogP contribution in [0.15, 0.2) is 54.6 Å². The Hall–Kier alpha value is -2.53. The van der Waals surface area contributed by atoms with Crippen molar-refractivity contribution < 1.29 is 9.59 Å². The van der Waals surface area contributed by atoms with Crippen molar-refractivity contribution in [3.63, 3.8) is 0 Å². The average molecular weight is 344 g/mol. The molecule has 1 saturated heterocycles. The molecule has 0 aliphatic carbocycles. The molecule has 6 heteroatoms. The lowest BCUT2D eigenvalue weighted by atomic mass is 10.2. The molecule has 0 bridgehead atoms. The summed E-state index contributed by atoms with van der Waals surface area (Å²) in [5.41, 5.74) is 1.68. The number of carbonyl (C=O) groups excluding carboxylic acids is 2. The summed E-state index contributed by atoms with van der Waals surface area (Å²) in [6.07, 6.45) is 0.558. The molecule has 124 valence electrons. The van der Waals surface area contributed by atoms with Crippen molar-refractivity contribution in [2.75, 3.05) is 11.4 Å². The summed E-state index contributed by atoms with van der Waals surface area (Å²) in [6.45, 7) is 0.952. The van der Waals surface area contributed by atoms with Crippen molar-refractivity contribution in [2.45, 2.75) is 19.0 Å². The molecular weight excluding hydrogens is 326 g/mol. The van der Waals surface area contributed by atoms with Gasteiger partial charge in [0, 0.05) is 13.1 Å². The van der Waals surface area contributed by atoms with E-state index in [9.17, 15) is 9.59 Å². The first-order valence-corrected chi connectivity index (χ1v) is 8.17. The summed E-state index contributed by atoms with van der Waals surface area (Å²) in [4.78, 5) is 26.1. The van der Waals surface area contributed by atoms with Crippen molar-refractivity contribution in [1.82, 2.24) is 10.6 Å². The number of nitrogens with zero attached hydrogens (tertiary/aromatic N) is 1. The number of hydrogen-bond donors (Lipinski definition) is 2. The molecule has 1 heterocycles. The first-order chi connectivity index (χ1) is 11.6. The monoisotopic (exact) mass is 343 g/mol. The van der Waals surface area contributed by atoms with E-state index < -0.39 is 6.04 Å². The maximum Gasteiger partial charge on any atom is 0.315 e. The lowest BCUT2D eigenvalue weighted by Crippen LogP contribution is -2.46. The average Bonchev–Trinajstić information content (AvgIpc) is 2.95. The number of nitrogens with one attached hydrogen (secondary N) is 2. The van der Waals surface area contributed by atoms with Gasteiger partial charge in [0.1, 0.15) is 6.04 Å². The van der Waals surface area contributed by atoms with E-state index in [0.29, 0.717) is 30.2 Å². The van der Waals surface area contributed by atoms with E-state index in [-0.39, 0.29) is 11.9 Å². The highest BCUT2D eigenvalue weighted by Crippen LogP contribution is 2.28. The fourth-order valence-corrected chi connectivity index (χ4v) is 2.95. The van der Waals surface area contributed by atoms with E-state index in [4.69, 9.17) is 11.6 Å². The van der Waals surface area contributed by atoms with Crippen molar-refractivity contribution >= 4 is 29.2 Å². The lowest BCUT2D eigenvalue weighted by molar-refractivity contribution is -0.118. The molecule has 0 spiro atoms. The number of anilines is 1. The minimum Gasteiger partial charge on any atom is -0.334 e. The molecule has 3 rings (SSSR count). The number of carbonyl (C=O) groups is 2. The van der Waals surface area contributed by atoms with E-state index in [1.807, 2.05) is 42.5 Å². The highest BCUT2D eigenvalue weighted by molar-refractivity contribution is 6.34. The minimum atomic E-state index is -0.531. The van der Waals surface area contributed by atoms with E-state index in [1.165, 1.54) is 0 Å². The van der Waals surface area contributed by atoms with Crippen LogP contribution in [0.25, 0.3) is 0 Å². The predicted octanol–water partition coefficient (Wildman–Crippen LogP) is 2.94. The van der Waals surface area contributed by atoms with Crippen molar-refractivity contribution in [2.24, 2.45) is 0 Å².